The number of epoxide rings is 1. The smallest absolute Gasteiger partial charge is 0.0840 e. The molecule has 3 unspecified atom stereocenters. The minimum absolute atomic E-state index is 0.704. The molecule has 0 aromatic heterocycles. The molecular formula is C9H14O. The molecule has 0 amide bonds. The van der Waals surface area contributed by atoms with Crippen molar-refractivity contribution in [2.24, 2.45) is 17.8 Å². The van der Waals surface area contributed by atoms with Gasteiger partial charge in [-0.15, -0.1) is 0 Å². The van der Waals surface area contributed by atoms with Crippen molar-refractivity contribution < 1.29 is 4.74 Å². The van der Waals surface area contributed by atoms with Crippen LogP contribution in [0.25, 0.3) is 0 Å². The first kappa shape index (κ1) is 5.59. The van der Waals surface area contributed by atoms with Crippen LogP contribution in [0.2, 0.25) is 0 Å². The van der Waals surface area contributed by atoms with Gasteiger partial charge in [0.2, 0.25) is 0 Å². The topological polar surface area (TPSA) is 12.5 Å². The summed E-state index contributed by atoms with van der Waals surface area (Å²) in [6.45, 7) is 1.08. The van der Waals surface area contributed by atoms with Crippen molar-refractivity contribution in [3.05, 3.63) is 0 Å². The highest BCUT2D eigenvalue weighted by molar-refractivity contribution is 4.96. The Morgan fingerprint density at radius 1 is 1.10 bits per heavy atom. The van der Waals surface area contributed by atoms with E-state index in [0.717, 1.165) is 24.4 Å². The van der Waals surface area contributed by atoms with Crippen molar-refractivity contribution in [3.63, 3.8) is 0 Å². The molecule has 3 rings (SSSR count). The van der Waals surface area contributed by atoms with Crippen molar-refractivity contribution in [1.82, 2.24) is 0 Å². The molecule has 0 aromatic rings. The molecule has 0 N–H and O–H groups in total. The molecule has 0 aromatic carbocycles. The lowest BCUT2D eigenvalue weighted by molar-refractivity contribution is 0.249. The summed E-state index contributed by atoms with van der Waals surface area (Å²) in [5.74, 6) is 3.15. The van der Waals surface area contributed by atoms with Crippen LogP contribution in [0.15, 0.2) is 0 Å². The number of ether oxygens (including phenoxy) is 1. The van der Waals surface area contributed by atoms with Crippen LogP contribution in [0.3, 0.4) is 0 Å². The number of hydrogen-bond donors (Lipinski definition) is 0. The van der Waals surface area contributed by atoms with E-state index in [1.54, 1.807) is 0 Å². The Labute approximate surface area is 61.8 Å². The molecule has 3 fully saturated rings. The highest BCUT2D eigenvalue weighted by Crippen LogP contribution is 2.51. The Balaban J connectivity index is 1.77. The van der Waals surface area contributed by atoms with Gasteiger partial charge in [-0.2, -0.15) is 0 Å². The average Bonchev–Trinajstić information content (AvgIpc) is 2.60. The van der Waals surface area contributed by atoms with Gasteiger partial charge in [0.1, 0.15) is 0 Å². The molecule has 3 aliphatic rings. The molecule has 0 spiro atoms. The van der Waals surface area contributed by atoms with Crippen LogP contribution in [0.5, 0.6) is 0 Å². The van der Waals surface area contributed by atoms with E-state index in [2.05, 4.69) is 0 Å². The van der Waals surface area contributed by atoms with Crippen LogP contribution in [0.4, 0.5) is 0 Å². The van der Waals surface area contributed by atoms with Crippen LogP contribution in [-0.2, 0) is 4.74 Å². The lowest BCUT2D eigenvalue weighted by Gasteiger charge is -2.18. The second kappa shape index (κ2) is 1.76. The van der Waals surface area contributed by atoms with E-state index in [4.69, 9.17) is 4.74 Å². The van der Waals surface area contributed by atoms with Gasteiger partial charge in [-0.3, -0.25) is 0 Å². The second-order valence-electron chi connectivity index (χ2n) is 4.21. The Kier molecular flexibility index (Phi) is 0.984. The third-order valence-electron chi connectivity index (χ3n) is 3.63. The van der Waals surface area contributed by atoms with Crippen molar-refractivity contribution in [3.8, 4) is 0 Å². The maximum absolute atomic E-state index is 5.35. The fourth-order valence-electron chi connectivity index (χ4n) is 3.05. The summed E-state index contributed by atoms with van der Waals surface area (Å²) in [6.07, 6.45) is 6.76. The van der Waals surface area contributed by atoms with E-state index >= 15 is 0 Å². The summed E-state index contributed by atoms with van der Waals surface area (Å²) in [5.41, 5.74) is 0. The first-order valence-corrected chi connectivity index (χ1v) is 4.55. The lowest BCUT2D eigenvalue weighted by atomic mass is 9.87. The molecule has 1 nitrogen and oxygen atoms in total. The Morgan fingerprint density at radius 2 is 2.00 bits per heavy atom. The van der Waals surface area contributed by atoms with E-state index in [1.165, 1.54) is 25.7 Å². The Hall–Kier alpha value is -0.0400. The van der Waals surface area contributed by atoms with Crippen LogP contribution in [-0.4, -0.2) is 12.7 Å². The molecular weight excluding hydrogens is 124 g/mol. The molecule has 1 saturated heterocycles. The van der Waals surface area contributed by atoms with Gasteiger partial charge in [-0.25, -0.2) is 0 Å². The van der Waals surface area contributed by atoms with Gasteiger partial charge in [0.15, 0.2) is 0 Å². The predicted octanol–water partition coefficient (Wildman–Crippen LogP) is 1.82. The van der Waals surface area contributed by atoms with Crippen molar-refractivity contribution in [1.29, 1.82) is 0 Å². The van der Waals surface area contributed by atoms with E-state index < -0.39 is 0 Å². The maximum atomic E-state index is 5.35. The highest BCUT2D eigenvalue weighted by atomic mass is 16.6. The zero-order chi connectivity index (χ0) is 6.55. The number of hydrogen-bond acceptors (Lipinski definition) is 1. The van der Waals surface area contributed by atoms with Gasteiger partial charge in [-0.05, 0) is 37.0 Å². The zero-order valence-corrected chi connectivity index (χ0v) is 6.25. The van der Waals surface area contributed by atoms with Gasteiger partial charge < -0.3 is 4.74 Å². The molecule has 4 atom stereocenters. The largest absolute Gasteiger partial charge is 0.373 e. The van der Waals surface area contributed by atoms with Gasteiger partial charge in [0.25, 0.3) is 0 Å². The fraction of sp³-hybridized carbons (Fsp3) is 1.00. The third kappa shape index (κ3) is 0.672. The second-order valence-corrected chi connectivity index (χ2v) is 4.21. The van der Waals surface area contributed by atoms with Gasteiger partial charge in [0.05, 0.1) is 12.7 Å². The number of rotatable bonds is 1. The molecule has 1 heterocycles. The Bertz CT molecular complexity index is 151. The monoisotopic (exact) mass is 138 g/mol. The predicted molar refractivity (Wildman–Crippen MR) is 38.7 cm³/mol. The standard InChI is InChI=1S/C9H14O/c1-2-7-3-6(1)4-8(7)9-5-10-9/h6-9H,1-5H2/t6?,7?,8?,9-/m0/s1. The molecule has 10 heavy (non-hydrogen) atoms. The van der Waals surface area contributed by atoms with E-state index in [0.29, 0.717) is 6.10 Å². The van der Waals surface area contributed by atoms with Crippen LogP contribution >= 0.6 is 0 Å². The summed E-state index contributed by atoms with van der Waals surface area (Å²) in [4.78, 5) is 0. The van der Waals surface area contributed by atoms with Crippen molar-refractivity contribution in [2.45, 2.75) is 31.8 Å². The SMILES string of the molecule is C1CC2CC1CC2[C@@H]1CO1. The summed E-state index contributed by atoms with van der Waals surface area (Å²) >= 11 is 0. The summed E-state index contributed by atoms with van der Waals surface area (Å²) in [6, 6.07) is 0. The van der Waals surface area contributed by atoms with Gasteiger partial charge >= 0.3 is 0 Å². The lowest BCUT2D eigenvalue weighted by Crippen LogP contribution is -2.15. The molecule has 2 bridgehead atoms. The summed E-state index contributed by atoms with van der Waals surface area (Å²) < 4.78 is 5.35. The minimum Gasteiger partial charge on any atom is -0.373 e. The van der Waals surface area contributed by atoms with Gasteiger partial charge in [0, 0.05) is 0 Å². The third-order valence-corrected chi connectivity index (χ3v) is 3.63. The molecule has 56 valence electrons. The summed E-state index contributed by atoms with van der Waals surface area (Å²) in [7, 11) is 0. The van der Waals surface area contributed by atoms with Crippen molar-refractivity contribution in [2.75, 3.05) is 6.61 Å². The normalized spacial score (nSPS) is 57.6. The first-order valence-electron chi connectivity index (χ1n) is 4.55. The molecule has 0 radical (unpaired) electrons. The maximum Gasteiger partial charge on any atom is 0.0840 e. The fourth-order valence-corrected chi connectivity index (χ4v) is 3.05. The average molecular weight is 138 g/mol. The molecule has 2 saturated carbocycles. The quantitative estimate of drug-likeness (QED) is 0.503. The van der Waals surface area contributed by atoms with Gasteiger partial charge in [-0.1, -0.05) is 6.42 Å². The Morgan fingerprint density at radius 3 is 2.50 bits per heavy atom. The van der Waals surface area contributed by atoms with Crippen molar-refractivity contribution >= 4 is 0 Å². The van der Waals surface area contributed by atoms with E-state index in [1.807, 2.05) is 0 Å². The zero-order valence-electron chi connectivity index (χ0n) is 6.25. The van der Waals surface area contributed by atoms with Crippen LogP contribution in [0.1, 0.15) is 25.7 Å². The number of fused-ring (bicyclic) bond motifs is 2. The molecule has 1 heteroatoms. The van der Waals surface area contributed by atoms with Crippen LogP contribution in [0, 0.1) is 17.8 Å². The van der Waals surface area contributed by atoms with E-state index in [-0.39, 0.29) is 0 Å². The van der Waals surface area contributed by atoms with E-state index in [9.17, 15) is 0 Å². The molecule has 2 aliphatic carbocycles. The molecule has 1 aliphatic heterocycles. The van der Waals surface area contributed by atoms with Crippen LogP contribution < -0.4 is 0 Å². The highest BCUT2D eigenvalue weighted by Gasteiger charge is 2.47. The summed E-state index contributed by atoms with van der Waals surface area (Å²) in [5, 5.41) is 0. The first-order chi connectivity index (χ1) is 4.93. The minimum atomic E-state index is 0.704.